The van der Waals surface area contributed by atoms with Crippen LogP contribution >= 0.6 is 11.6 Å². The summed E-state index contributed by atoms with van der Waals surface area (Å²) in [5.41, 5.74) is 3.12. The monoisotopic (exact) mass is 641 g/mol. The molecule has 3 atom stereocenters. The summed E-state index contributed by atoms with van der Waals surface area (Å²) in [6.07, 6.45) is 6.02. The molecular formula is C36H44ClN7O2. The lowest BCUT2D eigenvalue weighted by Crippen LogP contribution is -2.56. The van der Waals surface area contributed by atoms with Gasteiger partial charge in [-0.1, -0.05) is 48.9 Å². The Labute approximate surface area is 277 Å². The number of amides is 1. The summed E-state index contributed by atoms with van der Waals surface area (Å²) in [7, 11) is 2.19. The smallest absolute Gasteiger partial charge is 0.318 e. The molecule has 0 radical (unpaired) electrons. The van der Waals surface area contributed by atoms with Crippen LogP contribution in [0.3, 0.4) is 0 Å². The maximum absolute atomic E-state index is 12.6. The number of hydrogen-bond acceptors (Lipinski definition) is 7. The van der Waals surface area contributed by atoms with Gasteiger partial charge in [-0.25, -0.2) is 6.57 Å². The van der Waals surface area contributed by atoms with E-state index in [9.17, 15) is 4.79 Å². The topological polar surface area (TPSA) is 69.4 Å². The third kappa shape index (κ3) is 6.38. The first-order chi connectivity index (χ1) is 22.3. The lowest BCUT2D eigenvalue weighted by Gasteiger charge is -2.41. The highest BCUT2D eigenvalue weighted by Gasteiger charge is 2.35. The molecule has 2 aliphatic heterocycles. The van der Waals surface area contributed by atoms with Crippen molar-refractivity contribution < 1.29 is 9.53 Å². The molecule has 0 N–H and O–H groups in total. The molecule has 1 aromatic heterocycles. The van der Waals surface area contributed by atoms with E-state index in [-0.39, 0.29) is 24.5 Å². The van der Waals surface area contributed by atoms with Crippen molar-refractivity contribution in [2.45, 2.75) is 64.2 Å². The number of aromatic nitrogens is 2. The fourth-order valence-corrected chi connectivity index (χ4v) is 7.42. The van der Waals surface area contributed by atoms with Gasteiger partial charge in [-0.15, -0.1) is 0 Å². The maximum atomic E-state index is 12.6. The Morgan fingerprint density at radius 1 is 1.17 bits per heavy atom. The first kappa shape index (κ1) is 32.1. The third-order valence-corrected chi connectivity index (χ3v) is 10.7. The van der Waals surface area contributed by atoms with Crippen LogP contribution in [0, 0.1) is 12.5 Å². The largest absolute Gasteiger partial charge is 0.462 e. The second-order valence-corrected chi connectivity index (χ2v) is 13.4. The number of benzene rings is 2. The van der Waals surface area contributed by atoms with Gasteiger partial charge in [-0.05, 0) is 69.7 Å². The van der Waals surface area contributed by atoms with Gasteiger partial charge < -0.3 is 24.3 Å². The molecule has 1 saturated heterocycles. The second kappa shape index (κ2) is 13.9. The summed E-state index contributed by atoms with van der Waals surface area (Å²) in [6, 6.07) is 13.1. The third-order valence-electron chi connectivity index (χ3n) is 10.4. The molecule has 3 aromatic rings. The lowest BCUT2D eigenvalue weighted by molar-refractivity contribution is -0.128. The Hall–Kier alpha value is -3.87. The van der Waals surface area contributed by atoms with E-state index < -0.39 is 0 Å². The summed E-state index contributed by atoms with van der Waals surface area (Å²) in [5, 5.41) is 2.89. The zero-order chi connectivity index (χ0) is 32.4. The summed E-state index contributed by atoms with van der Waals surface area (Å²) < 4.78 is 6.39. The van der Waals surface area contributed by atoms with E-state index in [2.05, 4.69) is 71.3 Å². The minimum Gasteiger partial charge on any atom is -0.462 e. The Morgan fingerprint density at radius 2 is 1.96 bits per heavy atom. The van der Waals surface area contributed by atoms with E-state index in [0.717, 1.165) is 57.4 Å². The van der Waals surface area contributed by atoms with E-state index >= 15 is 0 Å². The molecule has 10 heteroatoms. The van der Waals surface area contributed by atoms with Crippen molar-refractivity contribution in [1.29, 1.82) is 0 Å². The molecule has 0 bridgehead atoms. The number of fused-ring (bicyclic) bond motifs is 2. The van der Waals surface area contributed by atoms with Gasteiger partial charge in [0.05, 0.1) is 17.3 Å². The number of piperazine rings is 1. The number of rotatable bonds is 10. The van der Waals surface area contributed by atoms with Gasteiger partial charge in [0, 0.05) is 54.9 Å². The Morgan fingerprint density at radius 3 is 2.67 bits per heavy atom. The van der Waals surface area contributed by atoms with Crippen molar-refractivity contribution >= 4 is 39.8 Å². The zero-order valence-electron chi connectivity index (χ0n) is 27.2. The molecule has 6 rings (SSSR count). The van der Waals surface area contributed by atoms with Crippen LogP contribution in [-0.2, 0) is 17.8 Å². The highest BCUT2D eigenvalue weighted by molar-refractivity contribution is 6.36. The molecule has 46 heavy (non-hydrogen) atoms. The molecular weight excluding hydrogens is 598 g/mol. The van der Waals surface area contributed by atoms with E-state index in [1.54, 1.807) is 4.90 Å². The standard InChI is InChI=1S/C36H44ClN7O2/c1-6-33(45)44-19-18-43(21-28(44)20-38-4)35-29-16-17-42(32-15-9-13-27-12-8-14-30(37)34(27)32)22-31(29)39-36(40-35)46-23-24(2)41(5)25(3)26-10-7-11-26/h6,8-9,12-15,24-26,28H,1,7,10-11,16-23H2,2-3,5H3/t24-,25+,28+/m1/s1. The van der Waals surface area contributed by atoms with Crippen molar-refractivity contribution in [1.82, 2.24) is 19.8 Å². The highest BCUT2D eigenvalue weighted by Crippen LogP contribution is 2.37. The number of hydrogen-bond donors (Lipinski definition) is 0. The molecule has 0 unspecified atom stereocenters. The molecule has 9 nitrogen and oxygen atoms in total. The minimum atomic E-state index is -0.244. The van der Waals surface area contributed by atoms with Crippen molar-refractivity contribution in [3.8, 4) is 6.01 Å². The van der Waals surface area contributed by atoms with Gasteiger partial charge in [-0.2, -0.15) is 9.97 Å². The van der Waals surface area contributed by atoms with Crippen LogP contribution < -0.4 is 14.5 Å². The van der Waals surface area contributed by atoms with Crippen LogP contribution in [0.25, 0.3) is 15.6 Å². The zero-order valence-corrected chi connectivity index (χ0v) is 27.9. The highest BCUT2D eigenvalue weighted by atomic mass is 35.5. The first-order valence-electron chi connectivity index (χ1n) is 16.5. The fraction of sp³-hybridized carbons (Fsp3) is 0.500. The molecule has 0 spiro atoms. The summed E-state index contributed by atoms with van der Waals surface area (Å²) in [5.74, 6) is 1.46. The van der Waals surface area contributed by atoms with E-state index in [4.69, 9.17) is 32.9 Å². The normalized spacial score (nSPS) is 19.7. The van der Waals surface area contributed by atoms with Gasteiger partial charge in [-0.3, -0.25) is 9.69 Å². The first-order valence-corrected chi connectivity index (χ1v) is 16.8. The van der Waals surface area contributed by atoms with Crippen LogP contribution in [0.1, 0.15) is 44.4 Å². The number of likely N-dealkylation sites (N-methyl/N-ethyl adjacent to an activating group) is 1. The number of ether oxygens (including phenoxy) is 1. The quantitative estimate of drug-likeness (QED) is 0.203. The van der Waals surface area contributed by atoms with Crippen molar-refractivity contribution in [3.05, 3.63) is 76.8 Å². The number of halogens is 1. The molecule has 2 aromatic carbocycles. The average Bonchev–Trinajstić information content (AvgIpc) is 3.05. The summed E-state index contributed by atoms with van der Waals surface area (Å²) in [6.45, 7) is 19.5. The van der Waals surface area contributed by atoms with Gasteiger partial charge in [0.1, 0.15) is 18.5 Å². The maximum Gasteiger partial charge on any atom is 0.318 e. The van der Waals surface area contributed by atoms with Crippen LogP contribution in [0.5, 0.6) is 6.01 Å². The van der Waals surface area contributed by atoms with Crippen molar-refractivity contribution in [2.75, 3.05) is 56.2 Å². The van der Waals surface area contributed by atoms with E-state index in [0.29, 0.717) is 44.8 Å². The Bertz CT molecular complexity index is 1630. The van der Waals surface area contributed by atoms with Crippen LogP contribution in [0.2, 0.25) is 5.02 Å². The van der Waals surface area contributed by atoms with Gasteiger partial charge >= 0.3 is 6.01 Å². The second-order valence-electron chi connectivity index (χ2n) is 13.0. The molecule has 3 heterocycles. The van der Waals surface area contributed by atoms with Crippen LogP contribution in [0.4, 0.5) is 11.5 Å². The molecule has 1 aliphatic carbocycles. The number of anilines is 2. The number of carbonyl (C=O) groups excluding carboxylic acids is 1. The molecule has 1 amide bonds. The molecule has 1 saturated carbocycles. The number of nitrogens with zero attached hydrogens (tertiary/aromatic N) is 7. The fourth-order valence-electron chi connectivity index (χ4n) is 7.15. The van der Waals surface area contributed by atoms with Crippen LogP contribution in [0.15, 0.2) is 49.1 Å². The minimum absolute atomic E-state index is 0.138. The molecule has 242 valence electrons. The van der Waals surface area contributed by atoms with Crippen LogP contribution in [-0.4, -0.2) is 90.2 Å². The molecule has 2 fully saturated rings. The molecule has 3 aliphatic rings. The SMILES string of the molecule is [C-]#[N+]C[C@H]1CN(c2nc(OC[C@@H](C)N(C)[C@@H](C)C3CCC3)nc3c2CCN(c2cccc4cccc(Cl)c24)C3)CCN1C(=O)C=C. The summed E-state index contributed by atoms with van der Waals surface area (Å²) in [4.78, 5) is 35.0. The van der Waals surface area contributed by atoms with Crippen molar-refractivity contribution in [3.63, 3.8) is 0 Å². The van der Waals surface area contributed by atoms with Gasteiger partial charge in [0.25, 0.3) is 0 Å². The predicted molar refractivity (Wildman–Crippen MR) is 185 cm³/mol. The number of carbonyl (C=O) groups is 1. The Kier molecular flexibility index (Phi) is 9.67. The predicted octanol–water partition coefficient (Wildman–Crippen LogP) is 5.86. The lowest BCUT2D eigenvalue weighted by atomic mass is 9.79. The van der Waals surface area contributed by atoms with E-state index in [1.165, 1.54) is 25.3 Å². The summed E-state index contributed by atoms with van der Waals surface area (Å²) >= 11 is 6.73. The van der Waals surface area contributed by atoms with E-state index in [1.807, 2.05) is 12.1 Å². The van der Waals surface area contributed by atoms with Crippen molar-refractivity contribution in [2.24, 2.45) is 5.92 Å². The Balaban J connectivity index is 1.30. The van der Waals surface area contributed by atoms with Gasteiger partial charge in [0.2, 0.25) is 12.5 Å². The average molecular weight is 642 g/mol. The van der Waals surface area contributed by atoms with Gasteiger partial charge in [0.15, 0.2) is 0 Å².